The van der Waals surface area contributed by atoms with Crippen LogP contribution in [0.4, 0.5) is 0 Å². The zero-order chi connectivity index (χ0) is 19.2. The van der Waals surface area contributed by atoms with Gasteiger partial charge in [0.2, 0.25) is 0 Å². The molecule has 0 aliphatic heterocycles. The highest BCUT2D eigenvalue weighted by molar-refractivity contribution is 14.0. The first-order valence-corrected chi connectivity index (χ1v) is 9.68. The van der Waals surface area contributed by atoms with Gasteiger partial charge in [-0.3, -0.25) is 4.99 Å². The van der Waals surface area contributed by atoms with Crippen molar-refractivity contribution in [1.29, 1.82) is 0 Å². The molecule has 0 bridgehead atoms. The summed E-state index contributed by atoms with van der Waals surface area (Å²) in [6, 6.07) is 10.1. The van der Waals surface area contributed by atoms with Crippen LogP contribution in [-0.2, 0) is 20.0 Å². The molecule has 2 aromatic heterocycles. The Kier molecular flexibility index (Phi) is 8.62. The molecule has 0 aliphatic rings. The molecule has 0 spiro atoms. The van der Waals surface area contributed by atoms with Gasteiger partial charge < -0.3 is 19.8 Å². The van der Waals surface area contributed by atoms with Gasteiger partial charge in [-0.1, -0.05) is 23.7 Å². The Bertz CT molecular complexity index is 883. The molecule has 0 saturated carbocycles. The van der Waals surface area contributed by atoms with E-state index in [1.165, 1.54) is 0 Å². The van der Waals surface area contributed by atoms with Gasteiger partial charge in [-0.25, -0.2) is 4.98 Å². The summed E-state index contributed by atoms with van der Waals surface area (Å²) in [5.41, 5.74) is 3.26. The number of halogens is 2. The van der Waals surface area contributed by atoms with E-state index in [2.05, 4.69) is 33.2 Å². The minimum absolute atomic E-state index is 0. The van der Waals surface area contributed by atoms with Crippen LogP contribution in [0.2, 0.25) is 5.02 Å². The van der Waals surface area contributed by atoms with Crippen molar-refractivity contribution in [3.63, 3.8) is 0 Å². The molecule has 0 atom stereocenters. The van der Waals surface area contributed by atoms with E-state index in [-0.39, 0.29) is 24.0 Å². The van der Waals surface area contributed by atoms with Gasteiger partial charge in [0.25, 0.3) is 0 Å². The highest BCUT2D eigenvalue weighted by Gasteiger charge is 2.09. The second-order valence-electron chi connectivity index (χ2n) is 6.66. The number of nitrogens with zero attached hydrogens (tertiary/aromatic N) is 4. The molecule has 0 saturated heterocycles. The number of benzene rings is 1. The first-order chi connectivity index (χ1) is 13.1. The summed E-state index contributed by atoms with van der Waals surface area (Å²) in [5, 5.41) is 4.12. The van der Waals surface area contributed by atoms with Crippen LogP contribution in [0.25, 0.3) is 11.0 Å². The maximum absolute atomic E-state index is 6.09. The summed E-state index contributed by atoms with van der Waals surface area (Å²) < 4.78 is 2.05. The van der Waals surface area contributed by atoms with Crippen LogP contribution in [0.1, 0.15) is 24.9 Å². The minimum atomic E-state index is 0. The number of rotatable bonds is 7. The van der Waals surface area contributed by atoms with E-state index < -0.39 is 0 Å². The number of aryl methyl sites for hydroxylation is 2. The summed E-state index contributed by atoms with van der Waals surface area (Å²) >= 11 is 6.09. The number of nitrogens with one attached hydrogen (secondary N) is 2. The smallest absolute Gasteiger partial charge is 0.194 e. The zero-order valence-electron chi connectivity index (χ0n) is 16.6. The lowest BCUT2D eigenvalue weighted by Gasteiger charge is -2.22. The lowest BCUT2D eigenvalue weighted by Crippen LogP contribution is -2.38. The van der Waals surface area contributed by atoms with Crippen molar-refractivity contribution in [3.8, 4) is 0 Å². The molecule has 3 aromatic rings. The Morgan fingerprint density at radius 1 is 1.36 bits per heavy atom. The normalized spacial score (nSPS) is 11.5. The van der Waals surface area contributed by atoms with E-state index in [1.807, 2.05) is 49.1 Å². The third-order valence-corrected chi connectivity index (χ3v) is 4.65. The number of guanidine groups is 1. The number of aliphatic imine (C=N–C) groups is 1. The number of aromatic amines is 1. The van der Waals surface area contributed by atoms with Gasteiger partial charge in [-0.15, -0.1) is 24.0 Å². The van der Waals surface area contributed by atoms with E-state index in [0.29, 0.717) is 0 Å². The fraction of sp³-hybridized carbons (Fsp3) is 0.400. The molecule has 6 nitrogen and oxygen atoms in total. The van der Waals surface area contributed by atoms with E-state index in [1.54, 1.807) is 0 Å². The van der Waals surface area contributed by atoms with Crippen molar-refractivity contribution >= 4 is 52.6 Å². The lowest BCUT2D eigenvalue weighted by atomic mass is 10.3. The first-order valence-electron chi connectivity index (χ1n) is 9.30. The van der Waals surface area contributed by atoms with Crippen molar-refractivity contribution in [2.24, 2.45) is 12.0 Å². The van der Waals surface area contributed by atoms with Crippen LogP contribution in [0.5, 0.6) is 0 Å². The number of H-pyrrole nitrogens is 1. The zero-order valence-corrected chi connectivity index (χ0v) is 19.7. The van der Waals surface area contributed by atoms with Crippen LogP contribution in [0.3, 0.4) is 0 Å². The predicted octanol–water partition coefficient (Wildman–Crippen LogP) is 4.20. The van der Waals surface area contributed by atoms with Crippen molar-refractivity contribution in [2.45, 2.75) is 26.3 Å². The molecular formula is C20H28ClIN6. The average Bonchev–Trinajstić information content (AvgIpc) is 3.19. The Morgan fingerprint density at radius 3 is 2.82 bits per heavy atom. The van der Waals surface area contributed by atoms with E-state index in [9.17, 15) is 0 Å². The van der Waals surface area contributed by atoms with Gasteiger partial charge in [-0.05, 0) is 31.5 Å². The predicted molar refractivity (Wildman–Crippen MR) is 128 cm³/mol. The fourth-order valence-corrected chi connectivity index (χ4v) is 3.34. The van der Waals surface area contributed by atoms with Crippen LogP contribution in [0.15, 0.2) is 41.5 Å². The molecule has 2 heterocycles. The van der Waals surface area contributed by atoms with Gasteiger partial charge in [-0.2, -0.15) is 0 Å². The Labute approximate surface area is 188 Å². The molecule has 28 heavy (non-hydrogen) atoms. The summed E-state index contributed by atoms with van der Waals surface area (Å²) in [4.78, 5) is 14.9. The molecule has 152 valence electrons. The minimum Gasteiger partial charge on any atom is -0.357 e. The molecule has 3 rings (SSSR count). The van der Waals surface area contributed by atoms with Gasteiger partial charge in [0.05, 0.1) is 22.6 Å². The second-order valence-corrected chi connectivity index (χ2v) is 7.09. The van der Waals surface area contributed by atoms with Crippen molar-refractivity contribution < 1.29 is 0 Å². The maximum Gasteiger partial charge on any atom is 0.194 e. The van der Waals surface area contributed by atoms with Crippen LogP contribution in [-0.4, -0.2) is 45.5 Å². The highest BCUT2D eigenvalue weighted by atomic mass is 127. The summed E-state index contributed by atoms with van der Waals surface area (Å²) in [5.74, 6) is 1.92. The standard InChI is InChI=1S/C20H27ClN6.HI/c1-4-22-20(27(3)14-16-12-15(21)13-26(16)2)23-11-7-10-19-24-17-8-5-6-9-18(17)25-19;/h5-6,8-9,12-13H,4,7,10-11,14H2,1-3H3,(H,22,23)(H,24,25);1H. The largest absolute Gasteiger partial charge is 0.357 e. The monoisotopic (exact) mass is 514 g/mol. The Hall–Kier alpha value is -1.74. The molecule has 8 heteroatoms. The Morgan fingerprint density at radius 2 is 2.14 bits per heavy atom. The van der Waals surface area contributed by atoms with E-state index >= 15 is 0 Å². The number of imidazole rings is 1. The third kappa shape index (κ3) is 5.88. The number of aromatic nitrogens is 3. The molecule has 1 aromatic carbocycles. The quantitative estimate of drug-likeness (QED) is 0.215. The van der Waals surface area contributed by atoms with Gasteiger partial charge in [0.1, 0.15) is 5.82 Å². The summed E-state index contributed by atoms with van der Waals surface area (Å²) in [6.07, 6.45) is 3.75. The molecule has 0 unspecified atom stereocenters. The van der Waals surface area contributed by atoms with Crippen molar-refractivity contribution in [1.82, 2.24) is 24.8 Å². The first kappa shape index (κ1) is 22.5. The molecule has 0 fully saturated rings. The summed E-state index contributed by atoms with van der Waals surface area (Å²) in [6.45, 7) is 4.41. The number of hydrogen-bond donors (Lipinski definition) is 2. The van der Waals surface area contributed by atoms with Crippen molar-refractivity contribution in [3.05, 3.63) is 53.1 Å². The maximum atomic E-state index is 6.09. The van der Waals surface area contributed by atoms with Crippen LogP contribution < -0.4 is 5.32 Å². The number of para-hydroxylation sites is 2. The van der Waals surface area contributed by atoms with E-state index in [4.69, 9.17) is 16.6 Å². The van der Waals surface area contributed by atoms with Crippen LogP contribution >= 0.6 is 35.6 Å². The second kappa shape index (κ2) is 10.7. The van der Waals surface area contributed by atoms with Gasteiger partial charge in [0, 0.05) is 45.5 Å². The van der Waals surface area contributed by atoms with Crippen LogP contribution in [0, 0.1) is 0 Å². The SMILES string of the molecule is CCNC(=NCCCc1nc2ccccc2[nH]1)N(C)Cc1cc(Cl)cn1C.I. The van der Waals surface area contributed by atoms with Crippen molar-refractivity contribution in [2.75, 3.05) is 20.1 Å². The fourth-order valence-electron chi connectivity index (χ4n) is 3.07. The molecule has 0 amide bonds. The summed E-state index contributed by atoms with van der Waals surface area (Å²) in [7, 11) is 4.05. The third-order valence-electron chi connectivity index (χ3n) is 4.44. The molecular weight excluding hydrogens is 487 g/mol. The van der Waals surface area contributed by atoms with Gasteiger partial charge >= 0.3 is 0 Å². The number of fused-ring (bicyclic) bond motifs is 1. The molecule has 0 radical (unpaired) electrons. The topological polar surface area (TPSA) is 61.2 Å². The van der Waals surface area contributed by atoms with Gasteiger partial charge in [0.15, 0.2) is 5.96 Å². The van der Waals surface area contributed by atoms with E-state index in [0.717, 1.165) is 66.0 Å². The average molecular weight is 515 g/mol. The molecule has 0 aliphatic carbocycles. The highest BCUT2D eigenvalue weighted by Crippen LogP contribution is 2.14. The number of hydrogen-bond acceptors (Lipinski definition) is 2. The molecule has 2 N–H and O–H groups in total. The lowest BCUT2D eigenvalue weighted by molar-refractivity contribution is 0.461. The Balaban J connectivity index is 0.00000280.